The Morgan fingerprint density at radius 1 is 0.920 bits per heavy atom. The SMILES string of the molecule is CN=C(NCCC(=O)NCc1ccccc1)NCc1ccc(F)cc1. The van der Waals surface area contributed by atoms with Gasteiger partial charge in [-0.25, -0.2) is 4.39 Å². The van der Waals surface area contributed by atoms with E-state index in [1.807, 2.05) is 30.3 Å². The predicted octanol–water partition coefficient (Wildman–Crippen LogP) is 2.20. The average molecular weight is 342 g/mol. The van der Waals surface area contributed by atoms with E-state index in [1.54, 1.807) is 19.2 Å². The van der Waals surface area contributed by atoms with Crippen LogP contribution in [0.1, 0.15) is 17.5 Å². The number of benzene rings is 2. The van der Waals surface area contributed by atoms with Gasteiger partial charge in [0.1, 0.15) is 5.82 Å². The van der Waals surface area contributed by atoms with Gasteiger partial charge in [-0.05, 0) is 23.3 Å². The molecule has 0 bridgehead atoms. The fourth-order valence-electron chi connectivity index (χ4n) is 2.19. The summed E-state index contributed by atoms with van der Waals surface area (Å²) in [6.07, 6.45) is 0.351. The first-order valence-electron chi connectivity index (χ1n) is 8.17. The van der Waals surface area contributed by atoms with Crippen LogP contribution in [0.4, 0.5) is 4.39 Å². The van der Waals surface area contributed by atoms with Gasteiger partial charge in [-0.15, -0.1) is 0 Å². The quantitative estimate of drug-likeness (QED) is 0.534. The van der Waals surface area contributed by atoms with Gasteiger partial charge in [0.2, 0.25) is 5.91 Å². The first-order valence-corrected chi connectivity index (χ1v) is 8.17. The van der Waals surface area contributed by atoms with Crippen LogP contribution < -0.4 is 16.0 Å². The number of nitrogens with zero attached hydrogens (tertiary/aromatic N) is 1. The normalized spacial score (nSPS) is 11.0. The zero-order valence-electron chi connectivity index (χ0n) is 14.3. The molecule has 0 aliphatic carbocycles. The molecule has 2 aromatic carbocycles. The van der Waals surface area contributed by atoms with Crippen LogP contribution in [0.25, 0.3) is 0 Å². The van der Waals surface area contributed by atoms with Gasteiger partial charge in [-0.2, -0.15) is 0 Å². The summed E-state index contributed by atoms with van der Waals surface area (Å²) in [6, 6.07) is 16.0. The maximum atomic E-state index is 12.9. The minimum Gasteiger partial charge on any atom is -0.356 e. The van der Waals surface area contributed by atoms with E-state index in [2.05, 4.69) is 20.9 Å². The van der Waals surface area contributed by atoms with Crippen LogP contribution in [-0.4, -0.2) is 25.5 Å². The lowest BCUT2D eigenvalue weighted by molar-refractivity contribution is -0.121. The molecule has 132 valence electrons. The minimum atomic E-state index is -0.257. The number of rotatable bonds is 7. The van der Waals surface area contributed by atoms with Crippen LogP contribution in [0, 0.1) is 5.82 Å². The van der Waals surface area contributed by atoms with E-state index >= 15 is 0 Å². The highest BCUT2D eigenvalue weighted by Crippen LogP contribution is 2.02. The summed E-state index contributed by atoms with van der Waals surface area (Å²) in [5.74, 6) is 0.318. The van der Waals surface area contributed by atoms with Crippen molar-refractivity contribution < 1.29 is 9.18 Å². The van der Waals surface area contributed by atoms with Crippen molar-refractivity contribution in [1.82, 2.24) is 16.0 Å². The largest absolute Gasteiger partial charge is 0.356 e. The molecule has 0 saturated heterocycles. The topological polar surface area (TPSA) is 65.5 Å². The number of hydrogen-bond acceptors (Lipinski definition) is 2. The molecule has 6 heteroatoms. The number of aliphatic imine (C=N–C) groups is 1. The van der Waals surface area contributed by atoms with E-state index in [9.17, 15) is 9.18 Å². The third-order valence-electron chi connectivity index (χ3n) is 3.57. The molecule has 0 radical (unpaired) electrons. The van der Waals surface area contributed by atoms with Crippen molar-refractivity contribution in [2.24, 2.45) is 4.99 Å². The number of nitrogens with one attached hydrogen (secondary N) is 3. The van der Waals surface area contributed by atoms with Gasteiger partial charge in [0, 0.05) is 33.1 Å². The van der Waals surface area contributed by atoms with E-state index in [-0.39, 0.29) is 11.7 Å². The van der Waals surface area contributed by atoms with Crippen LogP contribution in [0.2, 0.25) is 0 Å². The second kappa shape index (κ2) is 10.1. The highest BCUT2D eigenvalue weighted by molar-refractivity contribution is 5.81. The Kier molecular flexibility index (Phi) is 7.43. The zero-order chi connectivity index (χ0) is 17.9. The molecule has 0 aliphatic rings. The summed E-state index contributed by atoms with van der Waals surface area (Å²) >= 11 is 0. The molecule has 0 unspecified atom stereocenters. The van der Waals surface area contributed by atoms with Gasteiger partial charge in [0.15, 0.2) is 5.96 Å². The molecule has 0 spiro atoms. The smallest absolute Gasteiger partial charge is 0.222 e. The van der Waals surface area contributed by atoms with Crippen LogP contribution in [0.5, 0.6) is 0 Å². The van der Waals surface area contributed by atoms with E-state index in [0.29, 0.717) is 32.0 Å². The van der Waals surface area contributed by atoms with Crippen LogP contribution in [-0.2, 0) is 17.9 Å². The van der Waals surface area contributed by atoms with Gasteiger partial charge >= 0.3 is 0 Å². The Labute approximate surface area is 147 Å². The second-order valence-electron chi connectivity index (χ2n) is 5.49. The van der Waals surface area contributed by atoms with Crippen LogP contribution >= 0.6 is 0 Å². The molecule has 5 nitrogen and oxygen atoms in total. The second-order valence-corrected chi connectivity index (χ2v) is 5.49. The molecule has 25 heavy (non-hydrogen) atoms. The minimum absolute atomic E-state index is 0.0228. The van der Waals surface area contributed by atoms with Gasteiger partial charge in [-0.3, -0.25) is 9.79 Å². The average Bonchev–Trinajstić information content (AvgIpc) is 2.65. The monoisotopic (exact) mass is 342 g/mol. The highest BCUT2D eigenvalue weighted by Gasteiger charge is 2.03. The molecule has 2 aromatic rings. The number of amides is 1. The standard InChI is InChI=1S/C19H23FN4O/c1-21-19(24-14-16-7-9-17(20)10-8-16)22-12-11-18(25)23-13-15-5-3-2-4-6-15/h2-10H,11-14H2,1H3,(H,23,25)(H2,21,22,24). The molecule has 0 heterocycles. The summed E-state index contributed by atoms with van der Waals surface area (Å²) in [6.45, 7) is 1.53. The molecular formula is C19H23FN4O. The number of halogens is 1. The molecular weight excluding hydrogens is 319 g/mol. The molecule has 0 aromatic heterocycles. The Balaban J connectivity index is 1.64. The van der Waals surface area contributed by atoms with Gasteiger partial charge < -0.3 is 16.0 Å². The first-order chi connectivity index (χ1) is 12.2. The van der Waals surface area contributed by atoms with E-state index < -0.39 is 0 Å². The van der Waals surface area contributed by atoms with E-state index in [1.165, 1.54) is 12.1 Å². The molecule has 0 fully saturated rings. The molecule has 0 aliphatic heterocycles. The van der Waals surface area contributed by atoms with E-state index in [4.69, 9.17) is 0 Å². The summed E-state index contributed by atoms with van der Waals surface area (Å²) in [7, 11) is 1.66. The Morgan fingerprint density at radius 3 is 2.24 bits per heavy atom. The Hall–Kier alpha value is -2.89. The van der Waals surface area contributed by atoms with Crippen molar-refractivity contribution in [3.05, 3.63) is 71.5 Å². The van der Waals surface area contributed by atoms with Crippen molar-refractivity contribution in [2.75, 3.05) is 13.6 Å². The Morgan fingerprint density at radius 2 is 1.56 bits per heavy atom. The summed E-state index contributed by atoms with van der Waals surface area (Å²) in [5.41, 5.74) is 2.02. The zero-order valence-corrected chi connectivity index (χ0v) is 14.3. The van der Waals surface area contributed by atoms with Gasteiger partial charge in [0.25, 0.3) is 0 Å². The maximum absolute atomic E-state index is 12.9. The third-order valence-corrected chi connectivity index (χ3v) is 3.57. The van der Waals surface area contributed by atoms with Crippen molar-refractivity contribution in [1.29, 1.82) is 0 Å². The van der Waals surface area contributed by atoms with Gasteiger partial charge in [0.05, 0.1) is 0 Å². The van der Waals surface area contributed by atoms with E-state index in [0.717, 1.165) is 11.1 Å². The lowest BCUT2D eigenvalue weighted by Gasteiger charge is -2.12. The maximum Gasteiger partial charge on any atom is 0.222 e. The number of hydrogen-bond donors (Lipinski definition) is 3. The lowest BCUT2D eigenvalue weighted by Crippen LogP contribution is -2.38. The summed E-state index contributed by atoms with van der Waals surface area (Å²) in [5, 5.41) is 9.08. The van der Waals surface area contributed by atoms with Crippen molar-refractivity contribution in [3.63, 3.8) is 0 Å². The van der Waals surface area contributed by atoms with Gasteiger partial charge in [-0.1, -0.05) is 42.5 Å². The predicted molar refractivity (Wildman–Crippen MR) is 97.5 cm³/mol. The molecule has 3 N–H and O–H groups in total. The molecule has 1 amide bonds. The Bertz CT molecular complexity index is 686. The summed E-state index contributed by atoms with van der Waals surface area (Å²) in [4.78, 5) is 16.0. The highest BCUT2D eigenvalue weighted by atomic mass is 19.1. The number of carbonyl (C=O) groups excluding carboxylic acids is 1. The van der Waals surface area contributed by atoms with Crippen LogP contribution in [0.15, 0.2) is 59.6 Å². The third kappa shape index (κ3) is 7.03. The lowest BCUT2D eigenvalue weighted by atomic mass is 10.2. The summed E-state index contributed by atoms with van der Waals surface area (Å²) < 4.78 is 12.9. The molecule has 2 rings (SSSR count). The fourth-order valence-corrected chi connectivity index (χ4v) is 2.19. The van der Waals surface area contributed by atoms with Crippen molar-refractivity contribution in [3.8, 4) is 0 Å². The van der Waals surface area contributed by atoms with Crippen LogP contribution in [0.3, 0.4) is 0 Å². The number of carbonyl (C=O) groups is 1. The molecule has 0 saturated carbocycles. The first kappa shape index (κ1) is 18.4. The van der Waals surface area contributed by atoms with Crippen molar-refractivity contribution >= 4 is 11.9 Å². The van der Waals surface area contributed by atoms with Crippen molar-refractivity contribution in [2.45, 2.75) is 19.5 Å². The fraction of sp³-hybridized carbons (Fsp3) is 0.263. The molecule has 0 atom stereocenters. The number of guanidine groups is 1.